The highest BCUT2D eigenvalue weighted by molar-refractivity contribution is 7.84. The fraction of sp³-hybridized carbons (Fsp3) is 0.130. The van der Waals surface area contributed by atoms with Crippen molar-refractivity contribution in [3.63, 3.8) is 0 Å². The van der Waals surface area contributed by atoms with E-state index in [-0.39, 0.29) is 6.04 Å². The minimum absolute atomic E-state index is 0.103. The number of para-hydroxylation sites is 1. The molecule has 4 aromatic rings. The summed E-state index contributed by atoms with van der Waals surface area (Å²) >= 11 is 0. The first-order valence-corrected chi connectivity index (χ1v) is 10.9. The van der Waals surface area contributed by atoms with Crippen molar-refractivity contribution in [2.45, 2.75) is 6.04 Å². The van der Waals surface area contributed by atoms with Crippen LogP contribution >= 0.6 is 0 Å². The highest BCUT2D eigenvalue weighted by Gasteiger charge is 2.17. The van der Waals surface area contributed by atoms with Crippen molar-refractivity contribution >= 4 is 27.5 Å². The molecule has 0 amide bonds. The van der Waals surface area contributed by atoms with Gasteiger partial charge in [-0.3, -0.25) is 4.21 Å². The molecule has 0 unspecified atom stereocenters. The topological polar surface area (TPSA) is 54.9 Å². The lowest BCUT2D eigenvalue weighted by molar-refractivity contribution is 0.682. The molecule has 1 heterocycles. The fourth-order valence-electron chi connectivity index (χ4n) is 3.21. The van der Waals surface area contributed by atoms with Crippen LogP contribution in [0, 0.1) is 0 Å². The molecule has 4 nitrogen and oxygen atoms in total. The Balaban J connectivity index is 1.81. The molecule has 1 N–H and O–H groups in total. The zero-order valence-corrected chi connectivity index (χ0v) is 16.4. The molecule has 2 atom stereocenters. The van der Waals surface area contributed by atoms with Crippen LogP contribution in [0.2, 0.25) is 0 Å². The van der Waals surface area contributed by atoms with Crippen LogP contribution in [0.3, 0.4) is 0 Å². The van der Waals surface area contributed by atoms with E-state index in [1.807, 2.05) is 84.9 Å². The molecule has 5 heteroatoms. The highest BCUT2D eigenvalue weighted by atomic mass is 32.2. The molecule has 0 saturated carbocycles. The number of hydrogen-bond donors (Lipinski definition) is 1. The normalized spacial score (nSPS) is 13.2. The van der Waals surface area contributed by atoms with Gasteiger partial charge in [0.1, 0.15) is 5.82 Å². The maximum absolute atomic E-state index is 12.0. The van der Waals surface area contributed by atoms with Gasteiger partial charge in [0.05, 0.1) is 11.6 Å². The lowest BCUT2D eigenvalue weighted by Gasteiger charge is -2.20. The molecular formula is C23H21N3OS. The van der Waals surface area contributed by atoms with Crippen molar-refractivity contribution in [2.24, 2.45) is 0 Å². The fourth-order valence-corrected chi connectivity index (χ4v) is 3.95. The molecule has 28 heavy (non-hydrogen) atoms. The van der Waals surface area contributed by atoms with Crippen LogP contribution in [-0.4, -0.2) is 26.2 Å². The van der Waals surface area contributed by atoms with E-state index < -0.39 is 10.8 Å². The smallest absolute Gasteiger partial charge is 0.162 e. The Labute approximate surface area is 167 Å². The quantitative estimate of drug-likeness (QED) is 0.515. The van der Waals surface area contributed by atoms with Crippen LogP contribution in [0.5, 0.6) is 0 Å². The van der Waals surface area contributed by atoms with E-state index in [2.05, 4.69) is 5.32 Å². The molecule has 140 valence electrons. The van der Waals surface area contributed by atoms with Crippen LogP contribution in [0.4, 0.5) is 5.82 Å². The van der Waals surface area contributed by atoms with Gasteiger partial charge in [-0.1, -0.05) is 72.8 Å². The number of benzene rings is 3. The van der Waals surface area contributed by atoms with Crippen LogP contribution in [0.25, 0.3) is 22.3 Å². The van der Waals surface area contributed by atoms with E-state index in [1.54, 1.807) is 6.26 Å². The standard InChI is InChI=1S/C23H21N3OS/c1-28(27)16-21(17-10-4-2-5-11-17)25-23-19-14-8-9-15-20(19)24-22(26-23)18-12-6-3-7-13-18/h2-15,21H,16H2,1H3,(H,24,25,26)/t21-,28+/m1/s1. The first-order chi connectivity index (χ1) is 13.7. The average Bonchev–Trinajstić information content (AvgIpc) is 2.74. The molecule has 4 rings (SSSR count). The van der Waals surface area contributed by atoms with Gasteiger partial charge in [-0.2, -0.15) is 0 Å². The molecule has 0 aliphatic rings. The second kappa shape index (κ2) is 8.31. The van der Waals surface area contributed by atoms with Gasteiger partial charge < -0.3 is 5.32 Å². The molecule has 0 radical (unpaired) electrons. The van der Waals surface area contributed by atoms with E-state index >= 15 is 0 Å². The number of hydrogen-bond acceptors (Lipinski definition) is 4. The molecule has 0 spiro atoms. The van der Waals surface area contributed by atoms with Crippen LogP contribution in [-0.2, 0) is 10.8 Å². The molecule has 1 aromatic heterocycles. The summed E-state index contributed by atoms with van der Waals surface area (Å²) in [5.74, 6) is 1.93. The largest absolute Gasteiger partial charge is 0.362 e. The highest BCUT2D eigenvalue weighted by Crippen LogP contribution is 2.28. The number of aromatic nitrogens is 2. The van der Waals surface area contributed by atoms with Crippen LogP contribution in [0.1, 0.15) is 11.6 Å². The van der Waals surface area contributed by atoms with Gasteiger partial charge >= 0.3 is 0 Å². The maximum atomic E-state index is 12.0. The zero-order valence-electron chi connectivity index (χ0n) is 15.6. The Hall–Kier alpha value is -3.05. The van der Waals surface area contributed by atoms with Crippen molar-refractivity contribution < 1.29 is 4.21 Å². The van der Waals surface area contributed by atoms with Gasteiger partial charge in [0.2, 0.25) is 0 Å². The summed E-state index contributed by atoms with van der Waals surface area (Å²) < 4.78 is 12.0. The van der Waals surface area contributed by atoms with Crippen molar-refractivity contribution in [3.8, 4) is 11.4 Å². The number of rotatable bonds is 6. The lowest BCUT2D eigenvalue weighted by Crippen LogP contribution is -2.19. The van der Waals surface area contributed by atoms with E-state index in [0.717, 1.165) is 27.8 Å². The SMILES string of the molecule is C[S@](=O)C[C@@H](Nc1nc(-c2ccccc2)nc2ccccc12)c1ccccc1. The van der Waals surface area contributed by atoms with Gasteiger partial charge in [0.15, 0.2) is 5.82 Å². The second-order valence-corrected chi connectivity index (χ2v) is 8.11. The van der Waals surface area contributed by atoms with E-state index in [4.69, 9.17) is 9.97 Å². The minimum Gasteiger partial charge on any atom is -0.362 e. The second-order valence-electron chi connectivity index (χ2n) is 6.63. The molecule has 0 aliphatic heterocycles. The van der Waals surface area contributed by atoms with Gasteiger partial charge in [0, 0.05) is 33.8 Å². The summed E-state index contributed by atoms with van der Waals surface area (Å²) in [6.07, 6.45) is 1.73. The predicted octanol–water partition coefficient (Wildman–Crippen LogP) is 4.83. The van der Waals surface area contributed by atoms with Crippen molar-refractivity contribution in [1.29, 1.82) is 0 Å². The van der Waals surface area contributed by atoms with Crippen molar-refractivity contribution in [2.75, 3.05) is 17.3 Å². The lowest BCUT2D eigenvalue weighted by atomic mass is 10.1. The van der Waals surface area contributed by atoms with E-state index in [0.29, 0.717) is 11.6 Å². The molecule has 0 aliphatic carbocycles. The van der Waals surface area contributed by atoms with Gasteiger partial charge in [0.25, 0.3) is 0 Å². The maximum Gasteiger partial charge on any atom is 0.162 e. The van der Waals surface area contributed by atoms with Gasteiger partial charge in [-0.25, -0.2) is 9.97 Å². The number of anilines is 1. The monoisotopic (exact) mass is 387 g/mol. The number of nitrogens with one attached hydrogen (secondary N) is 1. The Morgan fingerprint density at radius 2 is 1.50 bits per heavy atom. The first-order valence-electron chi connectivity index (χ1n) is 9.14. The number of nitrogens with zero attached hydrogens (tertiary/aromatic N) is 2. The van der Waals surface area contributed by atoms with Gasteiger partial charge in [-0.15, -0.1) is 0 Å². The minimum atomic E-state index is -0.951. The Kier molecular flexibility index (Phi) is 5.44. The molecule has 0 saturated heterocycles. The van der Waals surface area contributed by atoms with E-state index in [1.165, 1.54) is 0 Å². The van der Waals surface area contributed by atoms with Crippen LogP contribution in [0.15, 0.2) is 84.9 Å². The van der Waals surface area contributed by atoms with Crippen molar-refractivity contribution in [3.05, 3.63) is 90.5 Å². The molecular weight excluding hydrogens is 366 g/mol. The van der Waals surface area contributed by atoms with Gasteiger partial charge in [-0.05, 0) is 17.7 Å². The van der Waals surface area contributed by atoms with E-state index in [9.17, 15) is 4.21 Å². The summed E-state index contributed by atoms with van der Waals surface area (Å²) in [5, 5.41) is 4.48. The zero-order chi connectivity index (χ0) is 19.3. The summed E-state index contributed by atoms with van der Waals surface area (Å²) in [6.45, 7) is 0. The summed E-state index contributed by atoms with van der Waals surface area (Å²) in [5.41, 5.74) is 2.93. The summed E-state index contributed by atoms with van der Waals surface area (Å²) in [4.78, 5) is 9.56. The number of fused-ring (bicyclic) bond motifs is 1. The molecule has 0 fully saturated rings. The van der Waals surface area contributed by atoms with Crippen molar-refractivity contribution in [1.82, 2.24) is 9.97 Å². The Morgan fingerprint density at radius 3 is 2.21 bits per heavy atom. The Bertz CT molecular complexity index is 1100. The average molecular weight is 388 g/mol. The molecule has 3 aromatic carbocycles. The summed E-state index contributed by atoms with van der Waals surface area (Å²) in [6, 6.07) is 27.9. The molecule has 0 bridgehead atoms. The predicted molar refractivity (Wildman–Crippen MR) is 117 cm³/mol. The third-order valence-corrected chi connectivity index (χ3v) is 5.35. The summed E-state index contributed by atoms with van der Waals surface area (Å²) in [7, 11) is -0.951. The first kappa shape index (κ1) is 18.3. The van der Waals surface area contributed by atoms with Crippen LogP contribution < -0.4 is 5.32 Å². The Morgan fingerprint density at radius 1 is 0.857 bits per heavy atom. The third kappa shape index (κ3) is 4.10. The third-order valence-electron chi connectivity index (χ3n) is 4.55.